The van der Waals surface area contributed by atoms with Gasteiger partial charge in [-0.1, -0.05) is 49.5 Å². The molecule has 1 fully saturated rings. The summed E-state index contributed by atoms with van der Waals surface area (Å²) in [6, 6.07) is 8.96. The first-order valence-electron chi connectivity index (χ1n) is 13.0. The van der Waals surface area contributed by atoms with Crippen LogP contribution in [0.5, 0.6) is 0 Å². The number of aliphatic hydroxyl groups is 2. The molecular formula is C26H37N6O10PS. The molecule has 0 amide bonds. The highest BCUT2D eigenvalue weighted by Crippen LogP contribution is 2.47. The van der Waals surface area contributed by atoms with Gasteiger partial charge in [-0.3, -0.25) is 33.0 Å². The van der Waals surface area contributed by atoms with Crippen LogP contribution < -0.4 is 16.4 Å². The van der Waals surface area contributed by atoms with Crippen LogP contribution in [0, 0.1) is 5.41 Å². The van der Waals surface area contributed by atoms with Crippen molar-refractivity contribution in [2.45, 2.75) is 58.8 Å². The highest BCUT2D eigenvalue weighted by molar-refractivity contribution is 8.13. The molecule has 1 aromatic carbocycles. The molecule has 18 heteroatoms. The minimum atomic E-state index is -4.11. The quantitative estimate of drug-likeness (QED) is 0.0870. The molecule has 0 radical (unpaired) electrons. The first-order chi connectivity index (χ1) is 20.2. The van der Waals surface area contributed by atoms with Gasteiger partial charge in [0, 0.05) is 12.3 Å². The first-order valence-corrected chi connectivity index (χ1v) is 15.6. The normalized spacial score (nSPS) is 23.2. The number of carboxylic acid groups (broad SMARTS) is 1. The number of aliphatic hydroxyl groups excluding tert-OH is 1. The second-order valence-electron chi connectivity index (χ2n) is 10.5. The van der Waals surface area contributed by atoms with Gasteiger partial charge < -0.3 is 25.8 Å². The molecule has 2 unspecified atom stereocenters. The van der Waals surface area contributed by atoms with E-state index in [-0.39, 0.29) is 43.4 Å². The van der Waals surface area contributed by atoms with Crippen LogP contribution in [0.15, 0.2) is 41.5 Å². The topological polar surface area (TPSA) is 241 Å². The van der Waals surface area contributed by atoms with E-state index >= 15 is 0 Å². The molecule has 3 aromatic rings. The maximum absolute atomic E-state index is 13.7. The van der Waals surface area contributed by atoms with E-state index in [4.69, 9.17) is 19.5 Å². The van der Waals surface area contributed by atoms with E-state index < -0.39 is 60.4 Å². The Morgan fingerprint density at radius 3 is 2.64 bits per heavy atom. The van der Waals surface area contributed by atoms with Crippen molar-refractivity contribution in [3.63, 3.8) is 0 Å². The second kappa shape index (κ2) is 13.9. The number of carboxylic acids is 1. The van der Waals surface area contributed by atoms with E-state index in [1.165, 1.54) is 31.7 Å². The molecule has 1 aliphatic rings. The van der Waals surface area contributed by atoms with Gasteiger partial charge in [-0.25, -0.2) is 14.6 Å². The summed E-state index contributed by atoms with van der Waals surface area (Å²) in [7, 11) is -4.11. The number of imidazole rings is 1. The Kier molecular flexibility index (Phi) is 11.1. The average Bonchev–Trinajstić information content (AvgIpc) is 3.47. The zero-order valence-corrected chi connectivity index (χ0v) is 25.2. The zero-order valence-electron chi connectivity index (χ0n) is 23.5. The Morgan fingerprint density at radius 2 is 1.98 bits per heavy atom. The molecule has 44 heavy (non-hydrogen) atoms. The van der Waals surface area contributed by atoms with Gasteiger partial charge in [0.1, 0.15) is 23.2 Å². The maximum Gasteiger partial charge on any atom is 0.405 e. The van der Waals surface area contributed by atoms with Gasteiger partial charge in [0.15, 0.2) is 17.4 Å². The predicted molar refractivity (Wildman–Crippen MR) is 162 cm³/mol. The predicted octanol–water partition coefficient (Wildman–Crippen LogP) is 1.65. The monoisotopic (exact) mass is 656 g/mol. The number of ether oxygens (including phenoxy) is 1. The number of nitrogens with two attached hydrogens (primary N) is 1. The Labute approximate surface area is 256 Å². The SMILES string of the molecule is C.CC(C)(C(=O)O)C(=O)SCCOP(=O)(NCc1ccccc1)OCC1O[C@@H](n2cnc3c(=O)[nH]c(N)nc32)[C@](C)(O)[C@@H]1O. The zero-order chi connectivity index (χ0) is 31.6. The molecular weight excluding hydrogens is 619 g/mol. The second-order valence-corrected chi connectivity index (χ2v) is 13.4. The lowest BCUT2D eigenvalue weighted by atomic mass is 9.96. The van der Waals surface area contributed by atoms with E-state index in [0.717, 1.165) is 17.3 Å². The number of carbonyl (C=O) groups excluding carboxylic acids is 1. The van der Waals surface area contributed by atoms with Gasteiger partial charge in [-0.2, -0.15) is 4.98 Å². The van der Waals surface area contributed by atoms with Crippen molar-refractivity contribution < 1.29 is 43.3 Å². The number of aliphatic carboxylic acids is 1. The number of nitrogens with zero attached hydrogens (tertiary/aromatic N) is 3. The van der Waals surface area contributed by atoms with Crippen molar-refractivity contribution in [3.8, 4) is 0 Å². The Balaban J connectivity index is 0.00000529. The van der Waals surface area contributed by atoms with Crippen LogP contribution in [0.3, 0.4) is 0 Å². The van der Waals surface area contributed by atoms with Crippen molar-refractivity contribution in [1.82, 2.24) is 24.6 Å². The number of rotatable bonds is 13. The molecule has 242 valence electrons. The molecule has 0 saturated carbocycles. The molecule has 0 bridgehead atoms. The van der Waals surface area contributed by atoms with Gasteiger partial charge in [0.25, 0.3) is 5.56 Å². The number of carbonyl (C=O) groups is 2. The molecule has 3 heterocycles. The van der Waals surface area contributed by atoms with Gasteiger partial charge in [-0.15, -0.1) is 0 Å². The summed E-state index contributed by atoms with van der Waals surface area (Å²) in [5.74, 6) is -1.48. The van der Waals surface area contributed by atoms with Crippen LogP contribution in [0.25, 0.3) is 11.2 Å². The van der Waals surface area contributed by atoms with Crippen molar-refractivity contribution in [3.05, 3.63) is 52.6 Å². The van der Waals surface area contributed by atoms with Gasteiger partial charge in [0.2, 0.25) is 11.1 Å². The highest BCUT2D eigenvalue weighted by Gasteiger charge is 2.54. The maximum atomic E-state index is 13.7. The highest BCUT2D eigenvalue weighted by atomic mass is 32.2. The summed E-state index contributed by atoms with van der Waals surface area (Å²) in [5.41, 5.74) is 2.22. The van der Waals surface area contributed by atoms with Crippen LogP contribution in [-0.2, 0) is 34.5 Å². The van der Waals surface area contributed by atoms with Crippen LogP contribution in [-0.4, -0.2) is 82.7 Å². The Bertz CT molecular complexity index is 1580. The molecule has 5 atom stereocenters. The van der Waals surface area contributed by atoms with Crippen molar-refractivity contribution in [2.75, 3.05) is 24.7 Å². The van der Waals surface area contributed by atoms with Crippen LogP contribution >= 0.6 is 19.5 Å². The summed E-state index contributed by atoms with van der Waals surface area (Å²) in [6.45, 7) is 3.20. The number of hydrogen-bond donors (Lipinski definition) is 6. The lowest BCUT2D eigenvalue weighted by Crippen LogP contribution is -2.44. The summed E-state index contributed by atoms with van der Waals surface area (Å²) in [5, 5.41) is 33.5. The van der Waals surface area contributed by atoms with E-state index in [9.17, 15) is 34.3 Å². The number of benzene rings is 1. The molecule has 1 saturated heterocycles. The third kappa shape index (κ3) is 7.55. The number of aromatic nitrogens is 4. The van der Waals surface area contributed by atoms with Crippen LogP contribution in [0.4, 0.5) is 5.95 Å². The van der Waals surface area contributed by atoms with E-state index in [0.29, 0.717) is 0 Å². The number of aromatic amines is 1. The van der Waals surface area contributed by atoms with E-state index in [1.807, 2.05) is 6.07 Å². The smallest absolute Gasteiger partial charge is 0.405 e. The minimum Gasteiger partial charge on any atom is -0.480 e. The standard InChI is InChI=1S/C25H33N6O10PS.CH4/c1-24(2,21(34)35)22(36)43-10-9-39-42(38,28-11-14-7-5-4-6-8-14)40-12-15-17(32)25(3,37)20(41-15)31-13-27-16-18(31)29-23(26)30-19(16)33;/h4-8,13,15,17,20,32,37H,9-12H2,1-3H3,(H,28,38)(H,34,35)(H3,26,29,30,33);1H4/t15?,17-,20-,25-,42?;/m1./s1. The molecule has 1 aliphatic heterocycles. The van der Waals surface area contributed by atoms with Crippen molar-refractivity contribution >= 4 is 47.7 Å². The average molecular weight is 657 g/mol. The number of anilines is 1. The lowest BCUT2D eigenvalue weighted by Gasteiger charge is -2.27. The van der Waals surface area contributed by atoms with Crippen molar-refractivity contribution in [2.24, 2.45) is 5.41 Å². The summed E-state index contributed by atoms with van der Waals surface area (Å²) < 4.78 is 32.0. The van der Waals surface area contributed by atoms with Gasteiger partial charge in [-0.05, 0) is 26.3 Å². The fourth-order valence-corrected chi connectivity index (χ4v) is 6.37. The molecule has 2 aromatic heterocycles. The summed E-state index contributed by atoms with van der Waals surface area (Å²) in [4.78, 5) is 46.2. The number of hydrogen-bond acceptors (Lipinski definition) is 13. The molecule has 4 rings (SSSR count). The lowest BCUT2D eigenvalue weighted by molar-refractivity contribution is -0.149. The van der Waals surface area contributed by atoms with Gasteiger partial charge in [0.05, 0.1) is 19.5 Å². The number of nitrogen functional groups attached to an aromatic ring is 1. The fourth-order valence-electron chi connectivity index (χ4n) is 4.14. The number of fused-ring (bicyclic) bond motifs is 1. The molecule has 0 spiro atoms. The Morgan fingerprint density at radius 1 is 1.30 bits per heavy atom. The number of nitrogens with one attached hydrogen (secondary N) is 2. The third-order valence-electron chi connectivity index (χ3n) is 6.81. The third-order valence-corrected chi connectivity index (χ3v) is 9.51. The Hall–Kier alpha value is -3.15. The summed E-state index contributed by atoms with van der Waals surface area (Å²) in [6.07, 6.45) is -2.85. The minimum absolute atomic E-state index is 0. The van der Waals surface area contributed by atoms with Crippen molar-refractivity contribution in [1.29, 1.82) is 0 Å². The van der Waals surface area contributed by atoms with E-state index in [1.54, 1.807) is 24.3 Å². The first kappa shape index (κ1) is 35.3. The molecule has 7 N–H and O–H groups in total. The molecule has 0 aliphatic carbocycles. The van der Waals surface area contributed by atoms with E-state index in [2.05, 4.69) is 20.0 Å². The van der Waals surface area contributed by atoms with Gasteiger partial charge >= 0.3 is 13.7 Å². The largest absolute Gasteiger partial charge is 0.480 e. The molecule has 16 nitrogen and oxygen atoms in total. The summed E-state index contributed by atoms with van der Waals surface area (Å²) >= 11 is 0.717. The number of thioether (sulfide) groups is 1. The van der Waals surface area contributed by atoms with Crippen LogP contribution in [0.2, 0.25) is 0 Å². The fraction of sp³-hybridized carbons (Fsp3) is 0.500. The number of H-pyrrole nitrogens is 1. The van der Waals surface area contributed by atoms with Crippen LogP contribution in [0.1, 0.15) is 40.0 Å².